The second-order valence-electron chi connectivity index (χ2n) is 5.72. The zero-order valence-corrected chi connectivity index (χ0v) is 14.2. The highest BCUT2D eigenvalue weighted by molar-refractivity contribution is 5.98. The van der Waals surface area contributed by atoms with Crippen LogP contribution in [0.15, 0.2) is 48.5 Å². The summed E-state index contributed by atoms with van der Waals surface area (Å²) in [6.07, 6.45) is 0.825. The van der Waals surface area contributed by atoms with Crippen molar-refractivity contribution in [1.29, 1.82) is 0 Å². The summed E-state index contributed by atoms with van der Waals surface area (Å²) in [6, 6.07) is 14.6. The summed E-state index contributed by atoms with van der Waals surface area (Å²) in [5, 5.41) is 4.26. The van der Waals surface area contributed by atoms with Gasteiger partial charge in [-0.1, -0.05) is 37.3 Å². The third-order valence-corrected chi connectivity index (χ3v) is 3.87. The van der Waals surface area contributed by atoms with Crippen LogP contribution in [0.2, 0.25) is 0 Å². The van der Waals surface area contributed by atoms with Crippen molar-refractivity contribution in [2.75, 3.05) is 13.4 Å². The first-order valence-corrected chi connectivity index (χ1v) is 8.36. The zero-order chi connectivity index (χ0) is 17.9. The van der Waals surface area contributed by atoms with Crippen LogP contribution in [0.5, 0.6) is 17.5 Å². The number of nitrogens with zero attached hydrogens (tertiary/aromatic N) is 3. The molecule has 0 atom stereocenters. The average Bonchev–Trinajstić information content (AvgIpc) is 3.32. The van der Waals surface area contributed by atoms with Crippen molar-refractivity contribution >= 4 is 5.91 Å². The molecule has 0 N–H and O–H groups in total. The third kappa shape index (κ3) is 2.99. The first kappa shape index (κ1) is 16.1. The van der Waals surface area contributed by atoms with Crippen LogP contribution >= 0.6 is 0 Å². The molecule has 0 unspecified atom stereocenters. The average molecular weight is 351 g/mol. The number of benzene rings is 2. The van der Waals surface area contributed by atoms with E-state index in [0.717, 1.165) is 12.0 Å². The summed E-state index contributed by atoms with van der Waals surface area (Å²) in [4.78, 5) is 17.4. The Labute approximate surface area is 150 Å². The van der Waals surface area contributed by atoms with Crippen LogP contribution in [0.4, 0.5) is 0 Å². The fraction of sp³-hybridized carbons (Fsp3) is 0.211. The maximum absolute atomic E-state index is 13.0. The van der Waals surface area contributed by atoms with Gasteiger partial charge in [0.2, 0.25) is 6.79 Å². The number of hydrogen-bond acceptors (Lipinski definition) is 6. The fourth-order valence-electron chi connectivity index (χ4n) is 2.62. The minimum atomic E-state index is -0.319. The van der Waals surface area contributed by atoms with E-state index in [4.69, 9.17) is 14.2 Å². The Hall–Kier alpha value is -3.35. The molecule has 7 nitrogen and oxygen atoms in total. The monoisotopic (exact) mass is 351 g/mol. The number of aromatic nitrogens is 3. The van der Waals surface area contributed by atoms with Crippen LogP contribution in [-0.2, 0) is 0 Å². The maximum Gasteiger partial charge on any atom is 0.336 e. The van der Waals surface area contributed by atoms with Crippen molar-refractivity contribution in [3.8, 4) is 28.9 Å². The highest BCUT2D eigenvalue weighted by Crippen LogP contribution is 2.33. The molecular weight excluding hydrogens is 334 g/mol. The number of ether oxygens (including phenoxy) is 3. The summed E-state index contributed by atoms with van der Waals surface area (Å²) in [7, 11) is 0. The number of rotatable bonds is 5. The predicted octanol–water partition coefficient (Wildman–Crippen LogP) is 3.15. The molecule has 2 aromatic carbocycles. The summed E-state index contributed by atoms with van der Waals surface area (Å²) >= 11 is 0. The molecule has 1 aliphatic heterocycles. The molecule has 0 fully saturated rings. The molecule has 1 aromatic heterocycles. The van der Waals surface area contributed by atoms with Gasteiger partial charge >= 0.3 is 6.01 Å². The predicted molar refractivity (Wildman–Crippen MR) is 93.5 cm³/mol. The lowest BCUT2D eigenvalue weighted by Gasteiger charge is -2.05. The summed E-state index contributed by atoms with van der Waals surface area (Å²) in [5.74, 6) is 1.27. The van der Waals surface area contributed by atoms with Crippen LogP contribution in [0, 0.1) is 0 Å². The van der Waals surface area contributed by atoms with Gasteiger partial charge in [-0.15, -0.1) is 5.10 Å². The minimum Gasteiger partial charge on any atom is -0.462 e. The lowest BCUT2D eigenvalue weighted by atomic mass is 10.1. The van der Waals surface area contributed by atoms with E-state index in [-0.39, 0.29) is 18.7 Å². The first-order chi connectivity index (χ1) is 12.8. The second-order valence-corrected chi connectivity index (χ2v) is 5.72. The lowest BCUT2D eigenvalue weighted by Crippen LogP contribution is -2.15. The van der Waals surface area contributed by atoms with Crippen molar-refractivity contribution in [3.63, 3.8) is 0 Å². The quantitative estimate of drug-likeness (QED) is 0.703. The third-order valence-electron chi connectivity index (χ3n) is 3.87. The van der Waals surface area contributed by atoms with Gasteiger partial charge in [-0.05, 0) is 24.6 Å². The van der Waals surface area contributed by atoms with E-state index in [1.54, 1.807) is 18.2 Å². The molecule has 0 spiro atoms. The molecule has 0 saturated carbocycles. The molecule has 3 aromatic rings. The van der Waals surface area contributed by atoms with Crippen molar-refractivity contribution < 1.29 is 19.0 Å². The Bertz CT molecular complexity index is 937. The minimum absolute atomic E-state index is 0.153. The van der Waals surface area contributed by atoms with Gasteiger partial charge in [0.25, 0.3) is 5.91 Å². The summed E-state index contributed by atoms with van der Waals surface area (Å²) in [5.41, 5.74) is 1.21. The second kappa shape index (κ2) is 6.87. The van der Waals surface area contributed by atoms with E-state index in [9.17, 15) is 4.79 Å². The Morgan fingerprint density at radius 3 is 2.77 bits per heavy atom. The standard InChI is InChI=1S/C19H17N3O4/c1-2-10-24-19-20-17(13-6-4-3-5-7-13)22(21-19)18(23)14-8-9-15-16(11-14)26-12-25-15/h3-9,11H,2,10,12H2,1H3. The van der Waals surface area contributed by atoms with Crippen LogP contribution in [0.3, 0.4) is 0 Å². The molecule has 0 amide bonds. The van der Waals surface area contributed by atoms with Crippen LogP contribution in [0.1, 0.15) is 23.7 Å². The van der Waals surface area contributed by atoms with Crippen molar-refractivity contribution in [2.45, 2.75) is 13.3 Å². The van der Waals surface area contributed by atoms with Crippen molar-refractivity contribution in [3.05, 3.63) is 54.1 Å². The number of hydrogen-bond donors (Lipinski definition) is 0. The molecule has 132 valence electrons. The molecular formula is C19H17N3O4. The van der Waals surface area contributed by atoms with E-state index >= 15 is 0 Å². The SMILES string of the molecule is CCCOc1nc(-c2ccccc2)n(C(=O)c2ccc3c(c2)OCO3)n1. The van der Waals surface area contributed by atoms with E-state index in [1.165, 1.54) is 4.68 Å². The Morgan fingerprint density at radius 1 is 1.15 bits per heavy atom. The van der Waals surface area contributed by atoms with Gasteiger partial charge in [0, 0.05) is 11.1 Å². The fourth-order valence-corrected chi connectivity index (χ4v) is 2.62. The topological polar surface area (TPSA) is 75.5 Å². The maximum atomic E-state index is 13.0. The number of carbonyl (C=O) groups excluding carboxylic acids is 1. The van der Waals surface area contributed by atoms with Gasteiger partial charge in [-0.3, -0.25) is 4.79 Å². The molecule has 0 bridgehead atoms. The first-order valence-electron chi connectivity index (χ1n) is 8.36. The molecule has 0 radical (unpaired) electrons. The van der Waals surface area contributed by atoms with E-state index < -0.39 is 0 Å². The van der Waals surface area contributed by atoms with E-state index in [1.807, 2.05) is 37.3 Å². The van der Waals surface area contributed by atoms with Gasteiger partial charge in [-0.2, -0.15) is 9.67 Å². The van der Waals surface area contributed by atoms with Crippen LogP contribution in [-0.4, -0.2) is 34.1 Å². The lowest BCUT2D eigenvalue weighted by molar-refractivity contribution is 0.0944. The van der Waals surface area contributed by atoms with Gasteiger partial charge in [0.1, 0.15) is 0 Å². The van der Waals surface area contributed by atoms with Crippen molar-refractivity contribution in [2.24, 2.45) is 0 Å². The Kier molecular flexibility index (Phi) is 4.27. The molecule has 0 aliphatic carbocycles. The van der Waals surface area contributed by atoms with Crippen molar-refractivity contribution in [1.82, 2.24) is 14.8 Å². The molecule has 2 heterocycles. The Balaban J connectivity index is 1.74. The van der Waals surface area contributed by atoms with Gasteiger partial charge in [-0.25, -0.2) is 0 Å². The normalized spacial score (nSPS) is 12.2. The highest BCUT2D eigenvalue weighted by atomic mass is 16.7. The molecule has 4 rings (SSSR count). The van der Waals surface area contributed by atoms with Crippen LogP contribution < -0.4 is 14.2 Å². The number of carbonyl (C=O) groups is 1. The number of fused-ring (bicyclic) bond motifs is 1. The molecule has 1 aliphatic rings. The van der Waals surface area contributed by atoms with E-state index in [2.05, 4.69) is 10.1 Å². The summed E-state index contributed by atoms with van der Waals surface area (Å²) in [6.45, 7) is 2.63. The Morgan fingerprint density at radius 2 is 1.96 bits per heavy atom. The van der Waals surface area contributed by atoms with E-state index in [0.29, 0.717) is 29.5 Å². The van der Waals surface area contributed by atoms with Gasteiger partial charge in [0.15, 0.2) is 17.3 Å². The smallest absolute Gasteiger partial charge is 0.336 e. The van der Waals surface area contributed by atoms with Crippen LogP contribution in [0.25, 0.3) is 11.4 Å². The molecule has 0 saturated heterocycles. The largest absolute Gasteiger partial charge is 0.462 e. The summed E-state index contributed by atoms with van der Waals surface area (Å²) < 4.78 is 17.4. The highest BCUT2D eigenvalue weighted by Gasteiger charge is 2.22. The zero-order valence-electron chi connectivity index (χ0n) is 14.2. The van der Waals surface area contributed by atoms with Gasteiger partial charge < -0.3 is 14.2 Å². The molecule has 26 heavy (non-hydrogen) atoms. The molecule has 7 heteroatoms. The van der Waals surface area contributed by atoms with Gasteiger partial charge in [0.05, 0.1) is 6.61 Å².